The Labute approximate surface area is 101 Å². The minimum absolute atomic E-state index is 0.132. The SMILES string of the molecule is CN(C)C(=O)c1coc(N2CCCNCC2)n1. The number of amides is 1. The Hall–Kier alpha value is -1.56. The van der Waals surface area contributed by atoms with Crippen LogP contribution in [0.4, 0.5) is 6.01 Å². The molecule has 17 heavy (non-hydrogen) atoms. The average molecular weight is 238 g/mol. The number of nitrogens with zero attached hydrogens (tertiary/aromatic N) is 3. The van der Waals surface area contributed by atoms with Gasteiger partial charge in [-0.25, -0.2) is 0 Å². The van der Waals surface area contributed by atoms with Crippen molar-refractivity contribution in [3.8, 4) is 0 Å². The first kappa shape index (κ1) is 11.9. The summed E-state index contributed by atoms with van der Waals surface area (Å²) in [6.45, 7) is 3.69. The molecule has 1 aromatic rings. The van der Waals surface area contributed by atoms with Crippen LogP contribution in [0.15, 0.2) is 10.7 Å². The number of hydrogen-bond donors (Lipinski definition) is 1. The molecule has 1 amide bonds. The quantitative estimate of drug-likeness (QED) is 0.796. The maximum Gasteiger partial charge on any atom is 0.297 e. The Balaban J connectivity index is 2.09. The van der Waals surface area contributed by atoms with Crippen LogP contribution in [-0.2, 0) is 0 Å². The van der Waals surface area contributed by atoms with Crippen molar-refractivity contribution in [2.24, 2.45) is 0 Å². The highest BCUT2D eigenvalue weighted by molar-refractivity contribution is 5.91. The number of hydrogen-bond acceptors (Lipinski definition) is 5. The zero-order valence-corrected chi connectivity index (χ0v) is 10.3. The smallest absolute Gasteiger partial charge is 0.297 e. The molecule has 0 aromatic carbocycles. The second kappa shape index (κ2) is 5.18. The molecule has 2 heterocycles. The summed E-state index contributed by atoms with van der Waals surface area (Å²) in [5, 5.41) is 3.31. The summed E-state index contributed by atoms with van der Waals surface area (Å²) in [7, 11) is 3.40. The maximum atomic E-state index is 11.7. The van der Waals surface area contributed by atoms with Gasteiger partial charge in [-0.05, 0) is 13.0 Å². The van der Waals surface area contributed by atoms with E-state index in [1.807, 2.05) is 0 Å². The van der Waals surface area contributed by atoms with E-state index in [1.165, 1.54) is 11.2 Å². The molecule has 0 saturated carbocycles. The number of carbonyl (C=O) groups is 1. The van der Waals surface area contributed by atoms with Crippen LogP contribution in [-0.4, -0.2) is 56.1 Å². The summed E-state index contributed by atoms with van der Waals surface area (Å²) in [6, 6.07) is 0.541. The lowest BCUT2D eigenvalue weighted by molar-refractivity contribution is 0.0822. The molecule has 1 saturated heterocycles. The Morgan fingerprint density at radius 3 is 3.06 bits per heavy atom. The van der Waals surface area contributed by atoms with Crippen molar-refractivity contribution in [2.45, 2.75) is 6.42 Å². The van der Waals surface area contributed by atoms with Crippen molar-refractivity contribution in [3.63, 3.8) is 0 Å². The molecule has 1 fully saturated rings. The highest BCUT2D eigenvalue weighted by atomic mass is 16.4. The molecule has 1 N–H and O–H groups in total. The fourth-order valence-electron chi connectivity index (χ4n) is 1.77. The Bertz CT molecular complexity index is 381. The molecule has 0 aliphatic carbocycles. The fourth-order valence-corrected chi connectivity index (χ4v) is 1.77. The largest absolute Gasteiger partial charge is 0.431 e. The molecule has 94 valence electrons. The third-order valence-electron chi connectivity index (χ3n) is 2.73. The monoisotopic (exact) mass is 238 g/mol. The first-order valence-corrected chi connectivity index (χ1v) is 5.81. The number of oxazole rings is 1. The molecule has 0 bridgehead atoms. The van der Waals surface area contributed by atoms with E-state index in [0.717, 1.165) is 32.6 Å². The zero-order chi connectivity index (χ0) is 12.3. The van der Waals surface area contributed by atoms with E-state index >= 15 is 0 Å². The fraction of sp³-hybridized carbons (Fsp3) is 0.636. The highest BCUT2D eigenvalue weighted by Crippen LogP contribution is 2.15. The zero-order valence-electron chi connectivity index (χ0n) is 10.3. The number of anilines is 1. The van der Waals surface area contributed by atoms with Crippen LogP contribution in [0.5, 0.6) is 0 Å². The van der Waals surface area contributed by atoms with E-state index in [2.05, 4.69) is 15.2 Å². The van der Waals surface area contributed by atoms with Gasteiger partial charge in [0.05, 0.1) is 0 Å². The molecular weight excluding hydrogens is 220 g/mol. The molecular formula is C11H18N4O2. The second-order valence-electron chi connectivity index (χ2n) is 4.31. The van der Waals surface area contributed by atoms with Crippen LogP contribution in [0.2, 0.25) is 0 Å². The van der Waals surface area contributed by atoms with Gasteiger partial charge in [0.25, 0.3) is 11.9 Å². The molecule has 6 heteroatoms. The van der Waals surface area contributed by atoms with Crippen molar-refractivity contribution in [2.75, 3.05) is 45.2 Å². The van der Waals surface area contributed by atoms with E-state index in [9.17, 15) is 4.79 Å². The van der Waals surface area contributed by atoms with Gasteiger partial charge in [-0.1, -0.05) is 0 Å². The molecule has 1 aliphatic rings. The molecule has 1 aromatic heterocycles. The van der Waals surface area contributed by atoms with E-state index < -0.39 is 0 Å². The Morgan fingerprint density at radius 2 is 2.29 bits per heavy atom. The molecule has 0 unspecified atom stereocenters. The summed E-state index contributed by atoms with van der Waals surface area (Å²) in [5.74, 6) is -0.132. The Morgan fingerprint density at radius 1 is 1.47 bits per heavy atom. The lowest BCUT2D eigenvalue weighted by atomic mass is 10.4. The molecule has 0 atom stereocenters. The lowest BCUT2D eigenvalue weighted by Crippen LogP contribution is -2.28. The summed E-state index contributed by atoms with van der Waals surface area (Å²) in [5.41, 5.74) is 0.363. The minimum atomic E-state index is -0.132. The van der Waals surface area contributed by atoms with Gasteiger partial charge in [0.1, 0.15) is 6.26 Å². The molecule has 0 spiro atoms. The van der Waals surface area contributed by atoms with Crippen LogP contribution in [0, 0.1) is 0 Å². The van der Waals surface area contributed by atoms with Crippen molar-refractivity contribution in [3.05, 3.63) is 12.0 Å². The number of nitrogens with one attached hydrogen (secondary N) is 1. The van der Waals surface area contributed by atoms with Crippen molar-refractivity contribution in [1.29, 1.82) is 0 Å². The normalized spacial score (nSPS) is 16.7. The maximum absolute atomic E-state index is 11.7. The van der Waals surface area contributed by atoms with Gasteiger partial charge in [-0.15, -0.1) is 0 Å². The van der Waals surface area contributed by atoms with Crippen molar-refractivity contribution >= 4 is 11.9 Å². The van der Waals surface area contributed by atoms with Gasteiger partial charge < -0.3 is 19.5 Å². The lowest BCUT2D eigenvalue weighted by Gasteiger charge is -2.16. The van der Waals surface area contributed by atoms with Crippen LogP contribution in [0.3, 0.4) is 0 Å². The van der Waals surface area contributed by atoms with Crippen molar-refractivity contribution in [1.82, 2.24) is 15.2 Å². The molecule has 2 rings (SSSR count). The van der Waals surface area contributed by atoms with Crippen LogP contribution < -0.4 is 10.2 Å². The predicted octanol–water partition coefficient (Wildman–Crippen LogP) is 0.176. The first-order valence-electron chi connectivity index (χ1n) is 5.81. The van der Waals surface area contributed by atoms with Crippen LogP contribution in [0.1, 0.15) is 16.9 Å². The molecule has 0 radical (unpaired) electrons. The minimum Gasteiger partial charge on any atom is -0.431 e. The van der Waals surface area contributed by atoms with E-state index in [1.54, 1.807) is 14.1 Å². The summed E-state index contributed by atoms with van der Waals surface area (Å²) in [4.78, 5) is 19.5. The molecule has 1 aliphatic heterocycles. The summed E-state index contributed by atoms with van der Waals surface area (Å²) >= 11 is 0. The Kier molecular flexibility index (Phi) is 3.63. The standard InChI is InChI=1S/C11H18N4O2/c1-14(2)10(16)9-8-17-11(13-9)15-6-3-4-12-5-7-15/h8,12H,3-7H2,1-2H3. The number of aromatic nitrogens is 1. The van der Waals surface area contributed by atoms with Gasteiger partial charge in [0.15, 0.2) is 5.69 Å². The van der Waals surface area contributed by atoms with Gasteiger partial charge in [-0.3, -0.25) is 4.79 Å². The highest BCUT2D eigenvalue weighted by Gasteiger charge is 2.18. The number of carbonyl (C=O) groups excluding carboxylic acids is 1. The van der Waals surface area contributed by atoms with Gasteiger partial charge in [-0.2, -0.15) is 4.98 Å². The molecule has 6 nitrogen and oxygen atoms in total. The van der Waals surface area contributed by atoms with Crippen LogP contribution in [0.25, 0.3) is 0 Å². The first-order chi connectivity index (χ1) is 8.18. The van der Waals surface area contributed by atoms with Crippen LogP contribution >= 0.6 is 0 Å². The van der Waals surface area contributed by atoms with Crippen molar-refractivity contribution < 1.29 is 9.21 Å². The topological polar surface area (TPSA) is 61.6 Å². The van der Waals surface area contributed by atoms with Gasteiger partial charge in [0.2, 0.25) is 0 Å². The number of rotatable bonds is 2. The predicted molar refractivity (Wildman–Crippen MR) is 64.2 cm³/mol. The van der Waals surface area contributed by atoms with E-state index in [4.69, 9.17) is 4.42 Å². The van der Waals surface area contributed by atoms with E-state index in [-0.39, 0.29) is 5.91 Å². The second-order valence-corrected chi connectivity index (χ2v) is 4.31. The summed E-state index contributed by atoms with van der Waals surface area (Å²) in [6.07, 6.45) is 2.48. The third kappa shape index (κ3) is 2.76. The third-order valence-corrected chi connectivity index (χ3v) is 2.73. The van der Waals surface area contributed by atoms with Gasteiger partial charge in [0, 0.05) is 33.7 Å². The summed E-state index contributed by atoms with van der Waals surface area (Å²) < 4.78 is 5.37. The van der Waals surface area contributed by atoms with Gasteiger partial charge >= 0.3 is 0 Å². The average Bonchev–Trinajstić information content (AvgIpc) is 2.64. The van der Waals surface area contributed by atoms with E-state index in [0.29, 0.717) is 11.7 Å².